The minimum Gasteiger partial charge on any atom is -0.453 e. The highest BCUT2D eigenvalue weighted by molar-refractivity contribution is 6.11. The van der Waals surface area contributed by atoms with Gasteiger partial charge >= 0.3 is 0 Å². The van der Waals surface area contributed by atoms with Gasteiger partial charge in [0, 0.05) is 32.5 Å². The number of rotatable bonds is 3. The minimum absolute atomic E-state index is 0.350. The Balaban J connectivity index is 1.40. The van der Waals surface area contributed by atoms with Crippen LogP contribution in [0.2, 0.25) is 0 Å². The molecule has 0 amide bonds. The molecular weight excluding hydrogens is 552 g/mol. The van der Waals surface area contributed by atoms with Crippen molar-refractivity contribution in [2.45, 2.75) is 0 Å². The van der Waals surface area contributed by atoms with E-state index in [1.807, 2.05) is 0 Å². The van der Waals surface area contributed by atoms with Crippen molar-refractivity contribution >= 4 is 65.7 Å². The van der Waals surface area contributed by atoms with Gasteiger partial charge in [0.05, 0.1) is 66.8 Å². The maximum absolute atomic E-state index is 9.74. The number of aromatic nitrogens is 4. The van der Waals surface area contributed by atoms with Crippen molar-refractivity contribution in [3.8, 4) is 22.8 Å². The third kappa shape index (κ3) is 3.43. The second-order valence-corrected chi connectivity index (χ2v) is 9.66. The number of benzene rings is 6. The summed E-state index contributed by atoms with van der Waals surface area (Å²) in [5, 5.41) is -2.11. The lowest BCUT2D eigenvalue weighted by Crippen LogP contribution is -2.00. The number of para-hydroxylation sites is 5. The van der Waals surface area contributed by atoms with Gasteiger partial charge in [0.2, 0.25) is 5.95 Å². The van der Waals surface area contributed by atoms with Crippen LogP contribution in [-0.2, 0) is 0 Å². The van der Waals surface area contributed by atoms with Crippen LogP contribution in [-0.4, -0.2) is 19.1 Å². The molecule has 45 heavy (non-hydrogen) atoms. The number of fused-ring (bicyclic) bond motifs is 9. The van der Waals surface area contributed by atoms with Crippen molar-refractivity contribution in [1.29, 1.82) is 0 Å². The van der Waals surface area contributed by atoms with Gasteiger partial charge in [-0.15, -0.1) is 0 Å². The molecule has 5 nitrogen and oxygen atoms in total. The van der Waals surface area contributed by atoms with Crippen LogP contribution in [0.3, 0.4) is 0 Å². The van der Waals surface area contributed by atoms with E-state index in [0.29, 0.717) is 0 Å². The van der Waals surface area contributed by atoms with Crippen LogP contribution in [0.4, 0.5) is 0 Å². The number of nitrogens with zero attached hydrogens (tertiary/aromatic N) is 4. The van der Waals surface area contributed by atoms with Gasteiger partial charge in [-0.2, -0.15) is 0 Å². The largest absolute Gasteiger partial charge is 0.453 e. The maximum Gasteiger partial charge on any atom is 0.235 e. The van der Waals surface area contributed by atoms with Gasteiger partial charge in [-0.1, -0.05) is 96.7 Å². The molecule has 0 atom stereocenters. The number of hydrogen-bond acceptors (Lipinski definition) is 3. The van der Waals surface area contributed by atoms with E-state index < -0.39 is 223 Å². The Morgan fingerprint density at radius 2 is 1.04 bits per heavy atom. The molecule has 0 saturated heterocycles. The summed E-state index contributed by atoms with van der Waals surface area (Å²) in [5.41, 5.74) is -5.83. The monoisotopic (exact) mass is 600 g/mol. The van der Waals surface area contributed by atoms with E-state index in [9.17, 15) is 6.85 Å². The summed E-state index contributed by atoms with van der Waals surface area (Å²) in [6.45, 7) is 0. The molecule has 0 unspecified atom stereocenters. The fourth-order valence-corrected chi connectivity index (χ4v) is 5.45. The molecule has 0 fully saturated rings. The molecule has 4 aromatic heterocycles. The molecule has 0 N–H and O–H groups in total. The fourth-order valence-electron chi connectivity index (χ4n) is 5.45. The molecule has 10 rings (SSSR count). The third-order valence-corrected chi connectivity index (χ3v) is 7.31. The molecule has 0 aliphatic rings. The Kier molecular flexibility index (Phi) is 2.19. The van der Waals surface area contributed by atoms with E-state index in [4.69, 9.17) is 30.5 Å². The average Bonchev–Trinajstić information content (AvgIpc) is 4.01. The van der Waals surface area contributed by atoms with Crippen LogP contribution in [0.25, 0.3) is 88.4 Å². The zero-order valence-corrected chi connectivity index (χ0v) is 22.2. The SMILES string of the molecule is [2H]c1c([2H])c([2H])c(-n2c3c([2H])c([2H])c([2H])c([2H])c3c3c([2H])c([2H])c([2H])c([2H])c32)c(-c2c([2H])c([2H])c3oc4c([2H])nc(-n5c6c([2H])c([2H])c([2H])c([2H])c6c6c([2H])c([2H])c([2H])c([2H])c65)nc4c3c2[2H])c1[2H]. The summed E-state index contributed by atoms with van der Waals surface area (Å²) in [7, 11) is 0. The molecule has 10 aromatic rings. The molecule has 0 spiro atoms. The van der Waals surface area contributed by atoms with E-state index in [0.717, 1.165) is 9.13 Å². The molecule has 0 aliphatic carbocycles. The number of hydrogen-bond donors (Lipinski definition) is 0. The standard InChI is InChI=1S/C40H24N4O/c1-6-16-32(43-33-17-7-2-12-27(33)28-13-3-8-18-34(28)43)26(11-1)25-21-22-37-31(23-25)39-38(45-37)24-41-40(42-39)44-35-19-9-4-14-29(35)30-15-5-10-20-36(30)44/h1-24H/i1D,2D,3D,4D,5D,6D,7D,8D,9D,10D,11D,12D,13D,14D,15D,16D,17D,18D,19D,20D,21D,22D,23D,24D. The Bertz CT molecular complexity index is 3980. The molecule has 0 bridgehead atoms. The lowest BCUT2D eigenvalue weighted by molar-refractivity contribution is 0.665. The topological polar surface area (TPSA) is 48.8 Å². The zero-order chi connectivity index (χ0) is 50.4. The highest BCUT2D eigenvalue weighted by atomic mass is 16.3. The van der Waals surface area contributed by atoms with Crippen molar-refractivity contribution < 1.29 is 37.3 Å². The second-order valence-electron chi connectivity index (χ2n) is 9.66. The molecule has 6 aromatic carbocycles. The lowest BCUT2D eigenvalue weighted by atomic mass is 10.0. The quantitative estimate of drug-likeness (QED) is 0.203. The van der Waals surface area contributed by atoms with E-state index in [2.05, 4.69) is 9.97 Å². The fraction of sp³-hybridized carbons (Fsp3) is 0. The predicted octanol–water partition coefficient (Wildman–Crippen LogP) is 10.2. The Labute approximate surface area is 290 Å². The van der Waals surface area contributed by atoms with E-state index in [1.54, 1.807) is 0 Å². The Morgan fingerprint density at radius 3 is 1.67 bits per heavy atom. The Hall–Kier alpha value is -6.20. The summed E-state index contributed by atoms with van der Waals surface area (Å²) >= 11 is 0. The molecule has 0 saturated carbocycles. The van der Waals surface area contributed by atoms with Crippen LogP contribution in [0.1, 0.15) is 32.9 Å². The average molecular weight is 601 g/mol. The van der Waals surface area contributed by atoms with Gasteiger partial charge in [0.15, 0.2) is 5.58 Å². The first-order chi connectivity index (χ1) is 32.3. The van der Waals surface area contributed by atoms with Crippen molar-refractivity contribution in [3.63, 3.8) is 0 Å². The zero-order valence-electron chi connectivity index (χ0n) is 46.2. The van der Waals surface area contributed by atoms with Gasteiger partial charge in [-0.3, -0.25) is 4.57 Å². The molecule has 0 radical (unpaired) electrons. The highest BCUT2D eigenvalue weighted by Gasteiger charge is 2.19. The van der Waals surface area contributed by atoms with Gasteiger partial charge < -0.3 is 8.98 Å². The van der Waals surface area contributed by atoms with Crippen molar-refractivity contribution in [1.82, 2.24) is 19.1 Å². The predicted molar refractivity (Wildman–Crippen MR) is 183 cm³/mol. The first-order valence-electron chi connectivity index (χ1n) is 25.1. The van der Waals surface area contributed by atoms with Crippen LogP contribution in [0.5, 0.6) is 0 Å². The first-order valence-corrected chi connectivity index (χ1v) is 13.1. The number of furan rings is 1. The second kappa shape index (κ2) is 9.15. The van der Waals surface area contributed by atoms with Gasteiger partial charge in [0.1, 0.15) is 11.1 Å². The van der Waals surface area contributed by atoms with E-state index in [1.165, 1.54) is 0 Å². The molecule has 4 heterocycles. The van der Waals surface area contributed by atoms with E-state index >= 15 is 0 Å². The Morgan fingerprint density at radius 1 is 0.511 bits per heavy atom. The van der Waals surface area contributed by atoms with Crippen LogP contribution < -0.4 is 0 Å². The van der Waals surface area contributed by atoms with Gasteiger partial charge in [0.25, 0.3) is 0 Å². The summed E-state index contributed by atoms with van der Waals surface area (Å²) in [6, 6.07) is -18.8. The summed E-state index contributed by atoms with van der Waals surface area (Å²) in [6.07, 6.45) is -0.786. The molecular formula is C40H24N4O. The maximum atomic E-state index is 9.74. The van der Waals surface area contributed by atoms with Gasteiger partial charge in [-0.05, 0) is 47.9 Å². The molecule has 0 aliphatic heterocycles. The van der Waals surface area contributed by atoms with Crippen LogP contribution in [0, 0.1) is 0 Å². The lowest BCUT2D eigenvalue weighted by Gasteiger charge is -2.14. The molecule has 210 valence electrons. The van der Waals surface area contributed by atoms with Crippen molar-refractivity contribution in [2.75, 3.05) is 0 Å². The highest BCUT2D eigenvalue weighted by Crippen LogP contribution is 2.38. The summed E-state index contributed by atoms with van der Waals surface area (Å²) < 4.78 is 220. The third-order valence-electron chi connectivity index (χ3n) is 7.31. The summed E-state index contributed by atoms with van der Waals surface area (Å²) in [4.78, 5) is 8.71. The van der Waals surface area contributed by atoms with Crippen molar-refractivity contribution in [3.05, 3.63) is 145 Å². The summed E-state index contributed by atoms with van der Waals surface area (Å²) in [5.74, 6) is -0.649. The van der Waals surface area contributed by atoms with Gasteiger partial charge in [-0.25, -0.2) is 9.97 Å². The minimum atomic E-state index is -0.971. The normalized spacial score (nSPS) is 19.5. The van der Waals surface area contributed by atoms with Crippen LogP contribution >= 0.6 is 0 Å². The first kappa shape index (κ1) is 10.8. The van der Waals surface area contributed by atoms with E-state index in [-0.39, 0.29) is 10.8 Å². The smallest absolute Gasteiger partial charge is 0.235 e. The van der Waals surface area contributed by atoms with Crippen molar-refractivity contribution in [2.24, 2.45) is 0 Å². The molecule has 5 heteroatoms. The van der Waals surface area contributed by atoms with Crippen LogP contribution in [0.15, 0.2) is 150 Å².